The van der Waals surface area contributed by atoms with Crippen molar-refractivity contribution in [3.05, 3.63) is 70.4 Å². The van der Waals surface area contributed by atoms with E-state index in [1.807, 2.05) is 49.5 Å². The van der Waals surface area contributed by atoms with Gasteiger partial charge in [-0.2, -0.15) is 5.10 Å². The third kappa shape index (κ3) is 2.51. The first-order chi connectivity index (χ1) is 13.6. The van der Waals surface area contributed by atoms with Gasteiger partial charge < -0.3 is 9.88 Å². The summed E-state index contributed by atoms with van der Waals surface area (Å²) in [6, 6.07) is 14.7. The maximum Gasteiger partial charge on any atom is 0.275 e. The fourth-order valence-electron chi connectivity index (χ4n) is 4.06. The predicted molar refractivity (Wildman–Crippen MR) is 106 cm³/mol. The Hall–Kier alpha value is -3.48. The van der Waals surface area contributed by atoms with Crippen molar-refractivity contribution in [1.82, 2.24) is 24.6 Å². The molecule has 0 saturated carbocycles. The van der Waals surface area contributed by atoms with Gasteiger partial charge in [-0.25, -0.2) is 4.98 Å². The lowest BCUT2D eigenvalue weighted by molar-refractivity contribution is 0.0725. The number of para-hydroxylation sites is 2. The van der Waals surface area contributed by atoms with E-state index in [1.165, 1.54) is 0 Å². The molecule has 140 valence electrons. The highest BCUT2D eigenvalue weighted by atomic mass is 16.2. The highest BCUT2D eigenvalue weighted by Gasteiger charge is 2.34. The van der Waals surface area contributed by atoms with Crippen LogP contribution in [0.1, 0.15) is 35.2 Å². The smallest absolute Gasteiger partial charge is 0.275 e. The molecule has 7 nitrogen and oxygen atoms in total. The summed E-state index contributed by atoms with van der Waals surface area (Å²) in [7, 11) is 1.84. The standard InChI is InChI=1S/C21H19N5O2/c1-25-16-10-5-3-8-14(16)18(24-25)21(28)26-12-6-11-17(26)19-22-15-9-4-2-7-13(15)20(27)23-19/h2-5,7-10,17H,6,11-12H2,1H3,(H,22,23,27). The normalized spacial score (nSPS) is 16.9. The molecule has 3 heterocycles. The van der Waals surface area contributed by atoms with E-state index >= 15 is 0 Å². The molecule has 2 aromatic heterocycles. The van der Waals surface area contributed by atoms with Crippen LogP contribution >= 0.6 is 0 Å². The second-order valence-corrected chi connectivity index (χ2v) is 7.11. The van der Waals surface area contributed by atoms with Crippen molar-refractivity contribution >= 4 is 27.7 Å². The largest absolute Gasteiger partial charge is 0.327 e. The summed E-state index contributed by atoms with van der Waals surface area (Å²) in [5.41, 5.74) is 1.82. The van der Waals surface area contributed by atoms with E-state index in [4.69, 9.17) is 0 Å². The number of hydrogen-bond donors (Lipinski definition) is 1. The van der Waals surface area contributed by atoms with Crippen molar-refractivity contribution in [3.63, 3.8) is 0 Å². The number of carbonyl (C=O) groups is 1. The first-order valence-electron chi connectivity index (χ1n) is 9.35. The molecular formula is C21H19N5O2. The van der Waals surface area contributed by atoms with Crippen molar-refractivity contribution in [3.8, 4) is 0 Å². The molecule has 0 aliphatic carbocycles. The minimum Gasteiger partial charge on any atom is -0.327 e. The topological polar surface area (TPSA) is 83.9 Å². The number of aromatic amines is 1. The van der Waals surface area contributed by atoms with Crippen LogP contribution < -0.4 is 5.56 Å². The number of nitrogens with one attached hydrogen (secondary N) is 1. The van der Waals surface area contributed by atoms with Gasteiger partial charge in [-0.3, -0.25) is 14.3 Å². The van der Waals surface area contributed by atoms with Gasteiger partial charge in [-0.15, -0.1) is 0 Å². The van der Waals surface area contributed by atoms with Gasteiger partial charge in [0.25, 0.3) is 11.5 Å². The van der Waals surface area contributed by atoms with Crippen LogP contribution in [0.4, 0.5) is 0 Å². The van der Waals surface area contributed by atoms with Crippen LogP contribution in [-0.4, -0.2) is 37.1 Å². The predicted octanol–water partition coefficient (Wildman–Crippen LogP) is 2.79. The Balaban J connectivity index is 1.57. The van der Waals surface area contributed by atoms with Crippen LogP contribution in [0.15, 0.2) is 53.3 Å². The number of amides is 1. The van der Waals surface area contributed by atoms with Crippen LogP contribution in [0.3, 0.4) is 0 Å². The summed E-state index contributed by atoms with van der Waals surface area (Å²) >= 11 is 0. The number of fused-ring (bicyclic) bond motifs is 2. The van der Waals surface area contributed by atoms with Crippen molar-refractivity contribution in [2.45, 2.75) is 18.9 Å². The number of H-pyrrole nitrogens is 1. The van der Waals surface area contributed by atoms with Gasteiger partial charge in [0, 0.05) is 19.0 Å². The van der Waals surface area contributed by atoms with E-state index in [-0.39, 0.29) is 17.5 Å². The summed E-state index contributed by atoms with van der Waals surface area (Å²) in [4.78, 5) is 35.1. The molecule has 1 unspecified atom stereocenters. The van der Waals surface area contributed by atoms with E-state index in [0.717, 1.165) is 23.7 Å². The Kier molecular flexibility index (Phi) is 3.75. The molecule has 0 bridgehead atoms. The molecule has 7 heteroatoms. The third-order valence-corrected chi connectivity index (χ3v) is 5.42. The van der Waals surface area contributed by atoms with Crippen LogP contribution in [-0.2, 0) is 7.05 Å². The highest BCUT2D eigenvalue weighted by molar-refractivity contribution is 6.05. The summed E-state index contributed by atoms with van der Waals surface area (Å²) in [5, 5.41) is 5.85. The highest BCUT2D eigenvalue weighted by Crippen LogP contribution is 2.32. The van der Waals surface area contributed by atoms with Crippen LogP contribution in [0, 0.1) is 0 Å². The average molecular weight is 373 g/mol. The van der Waals surface area contributed by atoms with Crippen molar-refractivity contribution in [2.24, 2.45) is 7.05 Å². The average Bonchev–Trinajstić information content (AvgIpc) is 3.33. The molecule has 28 heavy (non-hydrogen) atoms. The molecule has 2 aromatic carbocycles. The zero-order valence-corrected chi connectivity index (χ0v) is 15.4. The molecule has 1 aliphatic heterocycles. The van der Waals surface area contributed by atoms with Crippen molar-refractivity contribution in [2.75, 3.05) is 6.54 Å². The molecule has 1 fully saturated rings. The molecule has 4 aromatic rings. The maximum atomic E-state index is 13.3. The van der Waals surface area contributed by atoms with Gasteiger partial charge >= 0.3 is 0 Å². The van der Waals surface area contributed by atoms with Crippen molar-refractivity contribution < 1.29 is 4.79 Å². The first-order valence-corrected chi connectivity index (χ1v) is 9.35. The van der Waals surface area contributed by atoms with Crippen LogP contribution in [0.2, 0.25) is 0 Å². The Labute approximate surface area is 160 Å². The lowest BCUT2D eigenvalue weighted by Crippen LogP contribution is -2.33. The summed E-state index contributed by atoms with van der Waals surface area (Å²) in [6.45, 7) is 0.616. The minimum absolute atomic E-state index is 0.130. The maximum absolute atomic E-state index is 13.3. The molecule has 1 amide bonds. The zero-order valence-electron chi connectivity index (χ0n) is 15.4. The number of hydrogen-bond acceptors (Lipinski definition) is 4. The number of nitrogens with zero attached hydrogens (tertiary/aromatic N) is 4. The third-order valence-electron chi connectivity index (χ3n) is 5.42. The van der Waals surface area contributed by atoms with E-state index in [9.17, 15) is 9.59 Å². The number of aromatic nitrogens is 4. The molecule has 1 aliphatic rings. The van der Waals surface area contributed by atoms with Gasteiger partial charge in [0.1, 0.15) is 5.82 Å². The molecule has 1 saturated heterocycles. The quantitative estimate of drug-likeness (QED) is 0.586. The molecule has 1 atom stereocenters. The monoisotopic (exact) mass is 373 g/mol. The summed E-state index contributed by atoms with van der Waals surface area (Å²) in [6.07, 6.45) is 1.62. The molecule has 1 N–H and O–H groups in total. The van der Waals surface area contributed by atoms with E-state index in [1.54, 1.807) is 15.6 Å². The van der Waals surface area contributed by atoms with Gasteiger partial charge in [0.15, 0.2) is 5.69 Å². The molecule has 0 spiro atoms. The Morgan fingerprint density at radius 3 is 2.71 bits per heavy atom. The second-order valence-electron chi connectivity index (χ2n) is 7.11. The van der Waals surface area contributed by atoms with Gasteiger partial charge in [-0.1, -0.05) is 30.3 Å². The molecule has 5 rings (SSSR count). The van der Waals surface area contributed by atoms with Crippen molar-refractivity contribution in [1.29, 1.82) is 0 Å². The van der Waals surface area contributed by atoms with E-state index in [0.29, 0.717) is 29.0 Å². The second kappa shape index (κ2) is 6.30. The number of rotatable bonds is 2. The Bertz CT molecular complexity index is 1270. The zero-order chi connectivity index (χ0) is 19.3. The molecular weight excluding hydrogens is 354 g/mol. The fourth-order valence-corrected chi connectivity index (χ4v) is 4.06. The van der Waals surface area contributed by atoms with Gasteiger partial charge in [-0.05, 0) is 31.0 Å². The fraction of sp³-hybridized carbons (Fsp3) is 0.238. The Morgan fingerprint density at radius 1 is 1.11 bits per heavy atom. The minimum atomic E-state index is -0.259. The Morgan fingerprint density at radius 2 is 1.86 bits per heavy atom. The van der Waals surface area contributed by atoms with Crippen LogP contribution in [0.5, 0.6) is 0 Å². The number of benzene rings is 2. The van der Waals surface area contributed by atoms with Crippen LogP contribution in [0.25, 0.3) is 21.8 Å². The lowest BCUT2D eigenvalue weighted by Gasteiger charge is -2.23. The number of aryl methyl sites for hydroxylation is 1. The van der Waals surface area contributed by atoms with Gasteiger partial charge in [0.2, 0.25) is 0 Å². The van der Waals surface area contributed by atoms with Gasteiger partial charge in [0.05, 0.1) is 22.5 Å². The van der Waals surface area contributed by atoms with E-state index in [2.05, 4.69) is 15.1 Å². The first kappa shape index (κ1) is 16.7. The summed E-state index contributed by atoms with van der Waals surface area (Å²) < 4.78 is 1.73. The lowest BCUT2D eigenvalue weighted by atomic mass is 10.1. The molecule has 0 radical (unpaired) electrons. The number of likely N-dealkylation sites (tertiary alicyclic amines) is 1. The van der Waals surface area contributed by atoms with E-state index < -0.39 is 0 Å². The SMILES string of the molecule is Cn1nc(C(=O)N2CCCC2c2nc3ccccc3c(=O)[nH]2)c2ccccc21. The number of carbonyl (C=O) groups excluding carboxylic acids is 1. The summed E-state index contributed by atoms with van der Waals surface area (Å²) in [5.74, 6) is 0.407.